The standard InChI is InChI=1S/C15H16N6OS/c1-10-12(23-14(19-10)13-16-5-4-6-17-13)15(22)20(2)8-11-7-18-21(3)9-11/h4-7,9H,8H2,1-3H3. The lowest BCUT2D eigenvalue weighted by Gasteiger charge is -2.15. The predicted octanol–water partition coefficient (Wildman–Crippen LogP) is 1.91. The van der Waals surface area contributed by atoms with Gasteiger partial charge in [-0.25, -0.2) is 15.0 Å². The summed E-state index contributed by atoms with van der Waals surface area (Å²) < 4.78 is 1.72. The zero-order chi connectivity index (χ0) is 16.4. The second-order valence-electron chi connectivity index (χ2n) is 5.19. The Morgan fingerprint density at radius 2 is 2.09 bits per heavy atom. The van der Waals surface area contributed by atoms with E-state index in [0.717, 1.165) is 5.56 Å². The minimum Gasteiger partial charge on any atom is -0.337 e. The Hall–Kier alpha value is -2.61. The molecule has 0 aromatic carbocycles. The maximum absolute atomic E-state index is 12.6. The third-order valence-corrected chi connectivity index (χ3v) is 4.41. The molecule has 0 saturated heterocycles. The van der Waals surface area contributed by atoms with Crippen molar-refractivity contribution in [2.24, 2.45) is 7.05 Å². The number of thiazole rings is 1. The molecule has 3 rings (SSSR count). The van der Waals surface area contributed by atoms with Crippen molar-refractivity contribution in [3.63, 3.8) is 0 Å². The van der Waals surface area contributed by atoms with Gasteiger partial charge in [-0.2, -0.15) is 5.10 Å². The Labute approximate surface area is 137 Å². The highest BCUT2D eigenvalue weighted by Gasteiger charge is 2.20. The molecule has 0 atom stereocenters. The number of carbonyl (C=O) groups is 1. The van der Waals surface area contributed by atoms with Crippen molar-refractivity contribution in [3.05, 3.63) is 47.0 Å². The molecule has 0 bridgehead atoms. The van der Waals surface area contributed by atoms with Crippen LogP contribution in [0, 0.1) is 6.92 Å². The Balaban J connectivity index is 1.81. The third-order valence-electron chi connectivity index (χ3n) is 3.27. The molecule has 8 heteroatoms. The van der Waals surface area contributed by atoms with E-state index in [-0.39, 0.29) is 5.91 Å². The summed E-state index contributed by atoms with van der Waals surface area (Å²) in [5.74, 6) is 0.473. The molecule has 0 spiro atoms. The van der Waals surface area contributed by atoms with Crippen LogP contribution in [0.25, 0.3) is 10.8 Å². The van der Waals surface area contributed by atoms with Crippen LogP contribution in [-0.2, 0) is 13.6 Å². The Morgan fingerprint density at radius 3 is 2.74 bits per heavy atom. The fourth-order valence-corrected chi connectivity index (χ4v) is 3.18. The van der Waals surface area contributed by atoms with Gasteiger partial charge in [-0.15, -0.1) is 11.3 Å². The van der Waals surface area contributed by atoms with Crippen LogP contribution in [0.15, 0.2) is 30.9 Å². The van der Waals surface area contributed by atoms with Crippen molar-refractivity contribution in [2.75, 3.05) is 7.05 Å². The summed E-state index contributed by atoms with van der Waals surface area (Å²) in [6.07, 6.45) is 6.98. The number of aromatic nitrogens is 5. The van der Waals surface area contributed by atoms with Crippen LogP contribution in [0.1, 0.15) is 20.9 Å². The van der Waals surface area contributed by atoms with Crippen LogP contribution in [-0.4, -0.2) is 42.6 Å². The van der Waals surface area contributed by atoms with Gasteiger partial charge >= 0.3 is 0 Å². The van der Waals surface area contributed by atoms with Crippen LogP contribution >= 0.6 is 11.3 Å². The molecule has 3 heterocycles. The quantitative estimate of drug-likeness (QED) is 0.731. The molecule has 3 aromatic heterocycles. The topological polar surface area (TPSA) is 76.8 Å². The first kappa shape index (κ1) is 15.3. The normalized spacial score (nSPS) is 10.7. The first-order chi connectivity index (χ1) is 11.0. The fraction of sp³-hybridized carbons (Fsp3) is 0.267. The summed E-state index contributed by atoms with van der Waals surface area (Å²) in [5, 5.41) is 4.77. The lowest BCUT2D eigenvalue weighted by Crippen LogP contribution is -2.25. The van der Waals surface area contributed by atoms with Gasteiger partial charge in [0.1, 0.15) is 4.88 Å². The Kier molecular flexibility index (Phi) is 4.16. The Morgan fingerprint density at radius 1 is 1.35 bits per heavy atom. The lowest BCUT2D eigenvalue weighted by molar-refractivity contribution is 0.0789. The fourth-order valence-electron chi connectivity index (χ4n) is 2.17. The van der Waals surface area contributed by atoms with Crippen molar-refractivity contribution >= 4 is 17.2 Å². The lowest BCUT2D eigenvalue weighted by atomic mass is 10.3. The van der Waals surface area contributed by atoms with Crippen LogP contribution in [0.2, 0.25) is 0 Å². The van der Waals surface area contributed by atoms with E-state index >= 15 is 0 Å². The number of amides is 1. The number of aryl methyl sites for hydroxylation is 2. The van der Waals surface area contributed by atoms with E-state index in [1.54, 1.807) is 41.3 Å². The monoisotopic (exact) mass is 328 g/mol. The molecule has 7 nitrogen and oxygen atoms in total. The first-order valence-corrected chi connectivity index (χ1v) is 7.84. The van der Waals surface area contributed by atoms with Crippen LogP contribution in [0.4, 0.5) is 0 Å². The molecule has 0 unspecified atom stereocenters. The van der Waals surface area contributed by atoms with Gasteiger partial charge in [0, 0.05) is 44.8 Å². The van der Waals surface area contributed by atoms with E-state index in [1.807, 2.05) is 20.2 Å². The molecule has 0 radical (unpaired) electrons. The molecule has 0 fully saturated rings. The van der Waals surface area contributed by atoms with Gasteiger partial charge in [-0.05, 0) is 13.0 Å². The summed E-state index contributed by atoms with van der Waals surface area (Å²) in [4.78, 5) is 27.7. The molecule has 118 valence electrons. The zero-order valence-electron chi connectivity index (χ0n) is 13.1. The number of hydrogen-bond acceptors (Lipinski definition) is 6. The van der Waals surface area contributed by atoms with Gasteiger partial charge in [0.05, 0.1) is 11.9 Å². The van der Waals surface area contributed by atoms with Gasteiger partial charge in [-0.1, -0.05) is 0 Å². The van der Waals surface area contributed by atoms with E-state index in [2.05, 4.69) is 20.1 Å². The maximum Gasteiger partial charge on any atom is 0.265 e. The summed E-state index contributed by atoms with van der Waals surface area (Å²) in [6, 6.07) is 1.75. The van der Waals surface area contributed by atoms with Gasteiger partial charge in [0.15, 0.2) is 10.8 Å². The molecular weight excluding hydrogens is 312 g/mol. The zero-order valence-corrected chi connectivity index (χ0v) is 13.9. The minimum absolute atomic E-state index is 0.0639. The van der Waals surface area contributed by atoms with Crippen molar-refractivity contribution in [1.29, 1.82) is 0 Å². The minimum atomic E-state index is -0.0639. The number of hydrogen-bond donors (Lipinski definition) is 0. The summed E-state index contributed by atoms with van der Waals surface area (Å²) in [6.45, 7) is 2.33. The highest BCUT2D eigenvalue weighted by molar-refractivity contribution is 7.17. The molecule has 0 N–H and O–H groups in total. The summed E-state index contributed by atoms with van der Waals surface area (Å²) >= 11 is 1.32. The average Bonchev–Trinajstić information content (AvgIpc) is 3.13. The number of rotatable bonds is 4. The molecule has 0 saturated carbocycles. The molecular formula is C15H16N6OS. The van der Waals surface area contributed by atoms with E-state index in [4.69, 9.17) is 0 Å². The molecule has 0 aliphatic heterocycles. The third kappa shape index (κ3) is 3.26. The molecule has 3 aromatic rings. The molecule has 0 aliphatic carbocycles. The van der Waals surface area contributed by atoms with E-state index in [1.165, 1.54) is 11.3 Å². The number of carbonyl (C=O) groups excluding carboxylic acids is 1. The molecule has 23 heavy (non-hydrogen) atoms. The summed E-state index contributed by atoms with van der Waals surface area (Å²) in [5.41, 5.74) is 1.68. The number of nitrogens with zero attached hydrogens (tertiary/aromatic N) is 6. The van der Waals surface area contributed by atoms with Crippen molar-refractivity contribution in [2.45, 2.75) is 13.5 Å². The van der Waals surface area contributed by atoms with Gasteiger partial charge in [0.25, 0.3) is 5.91 Å². The van der Waals surface area contributed by atoms with Crippen molar-refractivity contribution < 1.29 is 4.79 Å². The molecule has 0 aliphatic rings. The van der Waals surface area contributed by atoms with Crippen molar-refractivity contribution in [3.8, 4) is 10.8 Å². The van der Waals surface area contributed by atoms with Crippen molar-refractivity contribution in [1.82, 2.24) is 29.6 Å². The Bertz CT molecular complexity index is 826. The van der Waals surface area contributed by atoms with E-state index in [0.29, 0.717) is 27.9 Å². The average molecular weight is 328 g/mol. The second kappa shape index (κ2) is 6.25. The molecule has 1 amide bonds. The largest absolute Gasteiger partial charge is 0.337 e. The smallest absolute Gasteiger partial charge is 0.265 e. The maximum atomic E-state index is 12.6. The van der Waals surface area contributed by atoms with E-state index < -0.39 is 0 Å². The van der Waals surface area contributed by atoms with Crippen LogP contribution in [0.3, 0.4) is 0 Å². The first-order valence-electron chi connectivity index (χ1n) is 7.02. The van der Waals surface area contributed by atoms with Gasteiger partial charge in [0.2, 0.25) is 0 Å². The highest BCUT2D eigenvalue weighted by atomic mass is 32.1. The second-order valence-corrected chi connectivity index (χ2v) is 6.19. The van der Waals surface area contributed by atoms with E-state index in [9.17, 15) is 4.79 Å². The predicted molar refractivity (Wildman–Crippen MR) is 86.9 cm³/mol. The van der Waals surface area contributed by atoms with Crippen LogP contribution < -0.4 is 0 Å². The highest BCUT2D eigenvalue weighted by Crippen LogP contribution is 2.26. The van der Waals surface area contributed by atoms with Gasteiger partial charge < -0.3 is 4.90 Å². The SMILES string of the molecule is Cc1nc(-c2ncccn2)sc1C(=O)N(C)Cc1cnn(C)c1. The van der Waals surface area contributed by atoms with Gasteiger partial charge in [-0.3, -0.25) is 9.48 Å². The van der Waals surface area contributed by atoms with Crippen LogP contribution in [0.5, 0.6) is 0 Å². The summed E-state index contributed by atoms with van der Waals surface area (Å²) in [7, 11) is 3.62.